The molecule has 20 heavy (non-hydrogen) atoms. The lowest BCUT2D eigenvalue weighted by Crippen LogP contribution is -2.41. The molecule has 110 valence electrons. The second-order valence-corrected chi connectivity index (χ2v) is 6.41. The number of carbonyl (C=O) groups is 1. The van der Waals surface area contributed by atoms with Gasteiger partial charge in [0, 0.05) is 34.8 Å². The van der Waals surface area contributed by atoms with Crippen LogP contribution in [0.25, 0.3) is 0 Å². The molecule has 0 spiro atoms. The van der Waals surface area contributed by atoms with Crippen molar-refractivity contribution < 1.29 is 4.79 Å². The van der Waals surface area contributed by atoms with Crippen LogP contribution in [-0.4, -0.2) is 23.0 Å². The highest BCUT2D eigenvalue weighted by Crippen LogP contribution is 2.20. The first-order valence-corrected chi connectivity index (χ1v) is 7.12. The van der Waals surface area contributed by atoms with Crippen LogP contribution in [0, 0.1) is 0 Å². The average molecular weight is 314 g/mol. The molecule has 0 aromatic heterocycles. The Labute approximate surface area is 130 Å². The summed E-state index contributed by atoms with van der Waals surface area (Å²) in [7, 11) is 0. The highest BCUT2D eigenvalue weighted by molar-refractivity contribution is 7.80. The van der Waals surface area contributed by atoms with Crippen LogP contribution < -0.4 is 16.4 Å². The maximum Gasteiger partial charge on any atom is 0.222 e. The lowest BCUT2D eigenvalue weighted by atomic mass is 10.1. The zero-order valence-electron chi connectivity index (χ0n) is 11.9. The molecular weight excluding hydrogens is 294 g/mol. The van der Waals surface area contributed by atoms with E-state index in [0.29, 0.717) is 23.6 Å². The SMILES string of the molecule is CC(C)(C)NC(=O)CCNc1ccc(Cl)cc1C(N)=S. The van der Waals surface area contributed by atoms with Crippen LogP contribution >= 0.6 is 23.8 Å². The van der Waals surface area contributed by atoms with Crippen LogP contribution in [0.1, 0.15) is 32.8 Å². The quantitative estimate of drug-likeness (QED) is 0.731. The van der Waals surface area contributed by atoms with Crippen molar-refractivity contribution in [2.45, 2.75) is 32.7 Å². The number of benzene rings is 1. The van der Waals surface area contributed by atoms with Gasteiger partial charge in [-0.2, -0.15) is 0 Å². The summed E-state index contributed by atoms with van der Waals surface area (Å²) in [5, 5.41) is 6.63. The smallest absolute Gasteiger partial charge is 0.222 e. The Kier molecular flexibility index (Phi) is 5.77. The fraction of sp³-hybridized carbons (Fsp3) is 0.429. The molecule has 0 aliphatic rings. The molecule has 0 fully saturated rings. The van der Waals surface area contributed by atoms with E-state index in [9.17, 15) is 4.79 Å². The Balaban J connectivity index is 2.58. The summed E-state index contributed by atoms with van der Waals surface area (Å²) in [5.41, 5.74) is 6.90. The minimum Gasteiger partial charge on any atom is -0.389 e. The van der Waals surface area contributed by atoms with E-state index in [1.807, 2.05) is 20.8 Å². The van der Waals surface area contributed by atoms with Crippen LogP contribution in [0.2, 0.25) is 5.02 Å². The lowest BCUT2D eigenvalue weighted by Gasteiger charge is -2.20. The third kappa shape index (κ3) is 5.75. The molecule has 0 aliphatic heterocycles. The topological polar surface area (TPSA) is 67.2 Å². The molecule has 1 amide bonds. The van der Waals surface area contributed by atoms with Crippen LogP contribution in [0.5, 0.6) is 0 Å². The number of thiocarbonyl (C=S) groups is 1. The standard InChI is InChI=1S/C14H20ClN3OS/c1-14(2,3)18-12(19)6-7-17-11-5-4-9(15)8-10(11)13(16)20/h4-5,8,17H,6-7H2,1-3H3,(H2,16,20)(H,18,19). The third-order valence-electron chi connectivity index (χ3n) is 2.43. The van der Waals surface area contributed by atoms with Gasteiger partial charge in [-0.15, -0.1) is 0 Å². The Hall–Kier alpha value is -1.33. The highest BCUT2D eigenvalue weighted by Gasteiger charge is 2.13. The van der Waals surface area contributed by atoms with Gasteiger partial charge in [0.05, 0.1) is 0 Å². The molecule has 0 unspecified atom stereocenters. The van der Waals surface area contributed by atoms with E-state index in [2.05, 4.69) is 10.6 Å². The molecule has 1 aromatic carbocycles. The molecule has 1 aromatic rings. The number of carbonyl (C=O) groups excluding carboxylic acids is 1. The van der Waals surface area contributed by atoms with E-state index in [-0.39, 0.29) is 16.4 Å². The van der Waals surface area contributed by atoms with Crippen LogP contribution in [-0.2, 0) is 4.79 Å². The fourth-order valence-corrected chi connectivity index (χ4v) is 2.01. The first-order chi connectivity index (χ1) is 9.19. The first kappa shape index (κ1) is 16.7. The van der Waals surface area contributed by atoms with Crippen molar-refractivity contribution in [1.82, 2.24) is 5.32 Å². The number of anilines is 1. The molecule has 0 saturated carbocycles. The number of hydrogen-bond donors (Lipinski definition) is 3. The molecule has 0 atom stereocenters. The molecule has 0 saturated heterocycles. The Morgan fingerprint density at radius 1 is 1.40 bits per heavy atom. The number of amides is 1. The summed E-state index contributed by atoms with van der Waals surface area (Å²) in [6.07, 6.45) is 0.372. The van der Waals surface area contributed by atoms with Gasteiger partial charge in [0.1, 0.15) is 4.99 Å². The summed E-state index contributed by atoms with van der Waals surface area (Å²) >= 11 is 10.9. The van der Waals surface area contributed by atoms with Crippen LogP contribution in [0.3, 0.4) is 0 Å². The molecular formula is C14H20ClN3OS. The summed E-state index contributed by atoms with van der Waals surface area (Å²) in [6, 6.07) is 5.26. The van der Waals surface area contributed by atoms with E-state index in [1.54, 1.807) is 18.2 Å². The Morgan fingerprint density at radius 2 is 2.05 bits per heavy atom. The monoisotopic (exact) mass is 313 g/mol. The van der Waals surface area contributed by atoms with Gasteiger partial charge < -0.3 is 16.4 Å². The minimum absolute atomic E-state index is 0.00385. The summed E-state index contributed by atoms with van der Waals surface area (Å²) in [4.78, 5) is 12.0. The van der Waals surface area contributed by atoms with Gasteiger partial charge in [0.25, 0.3) is 0 Å². The number of rotatable bonds is 5. The van der Waals surface area contributed by atoms with Crippen molar-refractivity contribution >= 4 is 40.4 Å². The average Bonchev–Trinajstić information content (AvgIpc) is 2.28. The number of nitrogens with one attached hydrogen (secondary N) is 2. The van der Waals surface area contributed by atoms with E-state index >= 15 is 0 Å². The van der Waals surface area contributed by atoms with Gasteiger partial charge in [0.15, 0.2) is 0 Å². The molecule has 0 aliphatic carbocycles. The summed E-state index contributed by atoms with van der Waals surface area (Å²) in [6.45, 7) is 6.34. The van der Waals surface area contributed by atoms with Crippen LogP contribution in [0.4, 0.5) is 5.69 Å². The summed E-state index contributed by atoms with van der Waals surface area (Å²) in [5.74, 6) is -0.00385. The second kappa shape index (κ2) is 6.90. The summed E-state index contributed by atoms with van der Waals surface area (Å²) < 4.78 is 0. The van der Waals surface area contributed by atoms with Gasteiger partial charge in [0.2, 0.25) is 5.91 Å². The molecule has 0 heterocycles. The zero-order chi connectivity index (χ0) is 15.3. The van der Waals surface area contributed by atoms with E-state index in [1.165, 1.54) is 0 Å². The van der Waals surface area contributed by atoms with Crippen molar-refractivity contribution in [3.8, 4) is 0 Å². The van der Waals surface area contributed by atoms with Gasteiger partial charge in [-0.05, 0) is 39.0 Å². The number of halogens is 1. The van der Waals surface area contributed by atoms with Crippen molar-refractivity contribution in [2.75, 3.05) is 11.9 Å². The van der Waals surface area contributed by atoms with E-state index in [0.717, 1.165) is 5.69 Å². The fourth-order valence-electron chi connectivity index (χ4n) is 1.67. The van der Waals surface area contributed by atoms with Crippen molar-refractivity contribution in [3.05, 3.63) is 28.8 Å². The van der Waals surface area contributed by atoms with Crippen molar-refractivity contribution in [3.63, 3.8) is 0 Å². The first-order valence-electron chi connectivity index (χ1n) is 6.33. The predicted molar refractivity (Wildman–Crippen MR) is 88.3 cm³/mol. The van der Waals surface area contributed by atoms with Crippen molar-refractivity contribution in [1.29, 1.82) is 0 Å². The minimum atomic E-state index is -0.221. The van der Waals surface area contributed by atoms with Gasteiger partial charge in [-0.1, -0.05) is 23.8 Å². The number of hydrogen-bond acceptors (Lipinski definition) is 3. The van der Waals surface area contributed by atoms with Gasteiger partial charge >= 0.3 is 0 Å². The van der Waals surface area contributed by atoms with Gasteiger partial charge in [-0.25, -0.2) is 0 Å². The largest absolute Gasteiger partial charge is 0.389 e. The van der Waals surface area contributed by atoms with E-state index < -0.39 is 0 Å². The predicted octanol–water partition coefficient (Wildman–Crippen LogP) is 2.69. The molecule has 0 bridgehead atoms. The molecule has 1 rings (SSSR count). The zero-order valence-corrected chi connectivity index (χ0v) is 13.5. The molecule has 0 radical (unpaired) electrons. The second-order valence-electron chi connectivity index (χ2n) is 5.53. The number of nitrogens with two attached hydrogens (primary N) is 1. The third-order valence-corrected chi connectivity index (χ3v) is 2.88. The molecule has 4 nitrogen and oxygen atoms in total. The highest BCUT2D eigenvalue weighted by atomic mass is 35.5. The normalized spacial score (nSPS) is 11.0. The van der Waals surface area contributed by atoms with E-state index in [4.69, 9.17) is 29.6 Å². The molecule has 6 heteroatoms. The maximum atomic E-state index is 11.7. The Morgan fingerprint density at radius 3 is 2.60 bits per heavy atom. The lowest BCUT2D eigenvalue weighted by molar-refractivity contribution is -0.122. The maximum absolute atomic E-state index is 11.7. The van der Waals surface area contributed by atoms with Gasteiger partial charge in [-0.3, -0.25) is 4.79 Å². The van der Waals surface area contributed by atoms with Crippen molar-refractivity contribution in [2.24, 2.45) is 5.73 Å². The molecule has 4 N–H and O–H groups in total. The van der Waals surface area contributed by atoms with Crippen LogP contribution in [0.15, 0.2) is 18.2 Å². The Bertz CT molecular complexity index is 512.